The van der Waals surface area contributed by atoms with Crippen molar-refractivity contribution in [2.45, 2.75) is 66.4 Å². The Labute approximate surface area is 183 Å². The molecule has 2 rings (SSSR count). The molecule has 2 aromatic carbocycles. The summed E-state index contributed by atoms with van der Waals surface area (Å²) in [4.78, 5) is 9.37. The van der Waals surface area contributed by atoms with Crippen LogP contribution in [0.3, 0.4) is 0 Å². The van der Waals surface area contributed by atoms with Gasteiger partial charge in [0.2, 0.25) is 0 Å². The molecule has 4 N–H and O–H groups in total. The minimum Gasteiger partial charge on any atom is -0.481 e. The largest absolute Gasteiger partial charge is 0.481 e. The van der Waals surface area contributed by atoms with Gasteiger partial charge in [-0.1, -0.05) is 88.4 Å². The molecule has 0 saturated heterocycles. The van der Waals surface area contributed by atoms with Crippen molar-refractivity contribution < 1.29 is 25.2 Å². The molecule has 0 aliphatic heterocycles. The quantitative estimate of drug-likeness (QED) is 0.558. The van der Waals surface area contributed by atoms with Gasteiger partial charge in [0.15, 0.2) is 0 Å². The van der Waals surface area contributed by atoms with Crippen LogP contribution in [0.15, 0.2) is 60.7 Å². The van der Waals surface area contributed by atoms with Gasteiger partial charge in [-0.25, -0.2) is 0 Å². The SMILES string of the molecule is CCC(=O)O.CCC(O)CO.CCO.CCc1ccccc1.CCc1ccccc1. The van der Waals surface area contributed by atoms with E-state index in [-0.39, 0.29) is 19.6 Å². The third kappa shape index (κ3) is 28.0. The van der Waals surface area contributed by atoms with Crippen LogP contribution in [0.5, 0.6) is 0 Å². The molecular formula is C25H42O5. The monoisotopic (exact) mass is 422 g/mol. The van der Waals surface area contributed by atoms with Crippen LogP contribution in [0.2, 0.25) is 0 Å². The van der Waals surface area contributed by atoms with E-state index >= 15 is 0 Å². The van der Waals surface area contributed by atoms with Gasteiger partial charge in [0.25, 0.3) is 0 Å². The molecule has 0 radical (unpaired) electrons. The molecule has 2 aromatic rings. The Hall–Kier alpha value is -2.21. The fraction of sp³-hybridized carbons (Fsp3) is 0.480. The number of aliphatic carboxylic acids is 1. The predicted octanol–water partition coefficient (Wildman–Crippen LogP) is 4.73. The second-order valence-electron chi connectivity index (χ2n) is 5.99. The van der Waals surface area contributed by atoms with E-state index in [0.29, 0.717) is 6.42 Å². The molecule has 1 unspecified atom stereocenters. The highest BCUT2D eigenvalue weighted by atomic mass is 16.4. The van der Waals surface area contributed by atoms with E-state index in [0.717, 1.165) is 12.8 Å². The Morgan fingerprint density at radius 3 is 1.17 bits per heavy atom. The Kier molecular flexibility index (Phi) is 29.0. The zero-order valence-electron chi connectivity index (χ0n) is 19.3. The average Bonchev–Trinajstić information content (AvgIpc) is 2.81. The second kappa shape index (κ2) is 26.8. The summed E-state index contributed by atoms with van der Waals surface area (Å²) in [6.07, 6.45) is 2.63. The molecule has 0 fully saturated rings. The van der Waals surface area contributed by atoms with Gasteiger partial charge in [-0.05, 0) is 37.3 Å². The topological polar surface area (TPSA) is 98.0 Å². The highest BCUT2D eigenvalue weighted by molar-refractivity contribution is 5.66. The van der Waals surface area contributed by atoms with Gasteiger partial charge in [-0.2, -0.15) is 0 Å². The van der Waals surface area contributed by atoms with Gasteiger partial charge in [-0.15, -0.1) is 0 Å². The van der Waals surface area contributed by atoms with Gasteiger partial charge in [0.1, 0.15) is 0 Å². The number of hydrogen-bond acceptors (Lipinski definition) is 4. The van der Waals surface area contributed by atoms with Crippen LogP contribution in [0.25, 0.3) is 0 Å². The number of aliphatic hydroxyl groups excluding tert-OH is 3. The van der Waals surface area contributed by atoms with Gasteiger partial charge in [0, 0.05) is 13.0 Å². The van der Waals surface area contributed by atoms with E-state index in [1.165, 1.54) is 11.1 Å². The maximum absolute atomic E-state index is 9.37. The van der Waals surface area contributed by atoms with Crippen molar-refractivity contribution in [3.63, 3.8) is 0 Å². The van der Waals surface area contributed by atoms with Gasteiger partial charge < -0.3 is 20.4 Å². The lowest BCUT2D eigenvalue weighted by Gasteiger charge is -1.97. The zero-order valence-corrected chi connectivity index (χ0v) is 19.3. The highest BCUT2D eigenvalue weighted by Gasteiger charge is 1.92. The molecule has 0 bridgehead atoms. The fourth-order valence-corrected chi connectivity index (χ4v) is 1.56. The summed E-state index contributed by atoms with van der Waals surface area (Å²) in [5.41, 5.74) is 2.82. The van der Waals surface area contributed by atoms with E-state index in [2.05, 4.69) is 62.4 Å². The maximum atomic E-state index is 9.37. The van der Waals surface area contributed by atoms with Crippen molar-refractivity contribution in [3.8, 4) is 0 Å². The lowest BCUT2D eigenvalue weighted by Crippen LogP contribution is -2.08. The van der Waals surface area contributed by atoms with E-state index in [1.807, 2.05) is 19.1 Å². The number of benzene rings is 2. The summed E-state index contributed by atoms with van der Waals surface area (Å²) in [5, 5.41) is 31.8. The Balaban J connectivity index is -0.000000316. The van der Waals surface area contributed by atoms with Crippen LogP contribution in [-0.2, 0) is 17.6 Å². The van der Waals surface area contributed by atoms with Crippen LogP contribution >= 0.6 is 0 Å². The minimum atomic E-state index is -0.745. The standard InChI is InChI=1S/2C8H10.C4H10O2.C3H6O2.C2H6O/c2*1-2-8-6-4-3-5-7-8;1-2-4(6)3-5;1-2-3(4)5;1-2-3/h2*3-7H,2H2,1H3;4-6H,2-3H2,1H3;2H2,1H3,(H,4,5);3H,2H2,1H3. The molecule has 0 aliphatic rings. The van der Waals surface area contributed by atoms with Crippen LogP contribution in [0.1, 0.15) is 58.6 Å². The third-order valence-corrected chi connectivity index (χ3v) is 3.49. The average molecular weight is 423 g/mol. The molecule has 1 atom stereocenters. The summed E-state index contributed by atoms with van der Waals surface area (Å²) >= 11 is 0. The normalized spacial score (nSPS) is 9.60. The molecule has 0 heterocycles. The van der Waals surface area contributed by atoms with Crippen molar-refractivity contribution in [2.75, 3.05) is 13.2 Å². The Bertz CT molecular complexity index is 515. The molecule has 5 heteroatoms. The lowest BCUT2D eigenvalue weighted by atomic mass is 10.2. The smallest absolute Gasteiger partial charge is 0.303 e. The molecule has 0 amide bonds. The first-order chi connectivity index (χ1) is 14.4. The number of hydrogen-bond donors (Lipinski definition) is 4. The van der Waals surface area contributed by atoms with E-state index < -0.39 is 12.1 Å². The van der Waals surface area contributed by atoms with Crippen molar-refractivity contribution in [2.24, 2.45) is 0 Å². The fourth-order valence-electron chi connectivity index (χ4n) is 1.56. The molecule has 0 aromatic heterocycles. The highest BCUT2D eigenvalue weighted by Crippen LogP contribution is 1.97. The summed E-state index contributed by atoms with van der Waals surface area (Å²) in [7, 11) is 0. The van der Waals surface area contributed by atoms with Crippen LogP contribution in [0, 0.1) is 0 Å². The summed E-state index contributed by atoms with van der Waals surface area (Å²) in [5.74, 6) is -0.745. The third-order valence-electron chi connectivity index (χ3n) is 3.49. The molecule has 5 nitrogen and oxygen atoms in total. The number of carboxylic acid groups (broad SMARTS) is 1. The summed E-state index contributed by atoms with van der Waals surface area (Å²) in [6, 6.07) is 20.9. The van der Waals surface area contributed by atoms with Crippen LogP contribution in [-0.4, -0.2) is 45.7 Å². The zero-order chi connectivity index (χ0) is 23.6. The van der Waals surface area contributed by atoms with Crippen molar-refractivity contribution in [1.82, 2.24) is 0 Å². The second-order valence-corrected chi connectivity index (χ2v) is 5.99. The Morgan fingerprint density at radius 1 is 0.767 bits per heavy atom. The molecule has 172 valence electrons. The Morgan fingerprint density at radius 2 is 1.07 bits per heavy atom. The van der Waals surface area contributed by atoms with Crippen molar-refractivity contribution in [3.05, 3.63) is 71.8 Å². The number of aliphatic hydroxyl groups is 3. The molecule has 0 aliphatic carbocycles. The minimum absolute atomic E-state index is 0.115. The van der Waals surface area contributed by atoms with Crippen molar-refractivity contribution >= 4 is 5.97 Å². The maximum Gasteiger partial charge on any atom is 0.303 e. The first-order valence-corrected chi connectivity index (χ1v) is 10.6. The van der Waals surface area contributed by atoms with Crippen LogP contribution < -0.4 is 0 Å². The number of rotatable bonds is 5. The van der Waals surface area contributed by atoms with Gasteiger partial charge >= 0.3 is 5.97 Å². The predicted molar refractivity (Wildman–Crippen MR) is 126 cm³/mol. The first kappa shape index (κ1) is 32.5. The number of aryl methyl sites for hydroxylation is 2. The van der Waals surface area contributed by atoms with Gasteiger partial charge in [-0.3, -0.25) is 4.79 Å². The van der Waals surface area contributed by atoms with Crippen LogP contribution in [0.4, 0.5) is 0 Å². The van der Waals surface area contributed by atoms with Crippen molar-refractivity contribution in [1.29, 1.82) is 0 Å². The van der Waals surface area contributed by atoms with E-state index in [9.17, 15) is 4.79 Å². The lowest BCUT2D eigenvalue weighted by molar-refractivity contribution is -0.136. The molecule has 0 spiro atoms. The summed E-state index contributed by atoms with van der Waals surface area (Å²) < 4.78 is 0. The number of carbonyl (C=O) groups is 1. The molecular weight excluding hydrogens is 380 g/mol. The number of carboxylic acids is 1. The van der Waals surface area contributed by atoms with E-state index in [1.54, 1.807) is 13.8 Å². The van der Waals surface area contributed by atoms with E-state index in [4.69, 9.17) is 20.4 Å². The first-order valence-electron chi connectivity index (χ1n) is 10.6. The van der Waals surface area contributed by atoms with Gasteiger partial charge in [0.05, 0.1) is 12.7 Å². The summed E-state index contributed by atoms with van der Waals surface area (Å²) in [6.45, 7) is 9.56. The molecule has 0 saturated carbocycles. The molecule has 30 heavy (non-hydrogen) atoms.